The molecule has 0 amide bonds. The third-order valence-corrected chi connectivity index (χ3v) is 4.48. The molecule has 110 valence electrons. The zero-order valence-electron chi connectivity index (χ0n) is 11.6. The van der Waals surface area contributed by atoms with E-state index < -0.39 is 0 Å². The summed E-state index contributed by atoms with van der Waals surface area (Å²) in [5.41, 5.74) is 0. The minimum absolute atomic E-state index is 0.0360. The molecule has 1 aromatic heterocycles. The SMILES string of the molecule is C1COC(C2CCN(Cc3nnnn3C3CC3)CC2)O1. The number of hydrogen-bond acceptors (Lipinski definition) is 6. The molecule has 1 aromatic rings. The van der Waals surface area contributed by atoms with Crippen LogP contribution in [0.5, 0.6) is 0 Å². The van der Waals surface area contributed by atoms with E-state index in [9.17, 15) is 0 Å². The number of piperidine rings is 1. The summed E-state index contributed by atoms with van der Waals surface area (Å²) >= 11 is 0. The molecule has 0 radical (unpaired) electrons. The summed E-state index contributed by atoms with van der Waals surface area (Å²) in [6.07, 6.45) is 4.74. The van der Waals surface area contributed by atoms with Crippen molar-refractivity contribution >= 4 is 0 Å². The van der Waals surface area contributed by atoms with Gasteiger partial charge in [0.15, 0.2) is 12.1 Å². The topological polar surface area (TPSA) is 65.3 Å². The number of likely N-dealkylation sites (tertiary alicyclic amines) is 1. The predicted molar refractivity (Wildman–Crippen MR) is 69.8 cm³/mol. The molecule has 4 rings (SSSR count). The standard InChI is InChI=1S/C13H21N5O2/c1-2-11(1)18-12(14-15-16-18)9-17-5-3-10(4-6-17)13-19-7-8-20-13/h10-11,13H,1-9H2. The summed E-state index contributed by atoms with van der Waals surface area (Å²) in [6, 6.07) is 0.554. The maximum absolute atomic E-state index is 5.62. The smallest absolute Gasteiger partial charge is 0.165 e. The second-order valence-electron chi connectivity index (χ2n) is 5.99. The molecule has 3 heterocycles. The van der Waals surface area contributed by atoms with E-state index in [0.29, 0.717) is 12.0 Å². The van der Waals surface area contributed by atoms with Crippen molar-refractivity contribution in [3.63, 3.8) is 0 Å². The van der Waals surface area contributed by atoms with Gasteiger partial charge < -0.3 is 9.47 Å². The van der Waals surface area contributed by atoms with Crippen LogP contribution in [0.2, 0.25) is 0 Å². The molecule has 0 aromatic carbocycles. The van der Waals surface area contributed by atoms with E-state index in [1.807, 2.05) is 4.68 Å². The van der Waals surface area contributed by atoms with Gasteiger partial charge in [-0.15, -0.1) is 5.10 Å². The Bertz CT molecular complexity index is 447. The van der Waals surface area contributed by atoms with Gasteiger partial charge in [-0.3, -0.25) is 4.90 Å². The summed E-state index contributed by atoms with van der Waals surface area (Å²) in [5.74, 6) is 1.56. The van der Waals surface area contributed by atoms with Crippen LogP contribution in [0.3, 0.4) is 0 Å². The maximum atomic E-state index is 5.62. The fourth-order valence-electron chi connectivity index (χ4n) is 3.15. The molecular weight excluding hydrogens is 258 g/mol. The zero-order chi connectivity index (χ0) is 13.4. The Balaban J connectivity index is 1.31. The van der Waals surface area contributed by atoms with E-state index in [1.54, 1.807) is 0 Å². The lowest BCUT2D eigenvalue weighted by Gasteiger charge is -2.33. The Morgan fingerprint density at radius 2 is 1.80 bits per heavy atom. The average Bonchev–Trinajstić information content (AvgIpc) is 3.00. The van der Waals surface area contributed by atoms with Gasteiger partial charge in [0.25, 0.3) is 0 Å². The molecule has 2 saturated heterocycles. The van der Waals surface area contributed by atoms with E-state index in [2.05, 4.69) is 20.4 Å². The molecule has 0 atom stereocenters. The van der Waals surface area contributed by atoms with Gasteiger partial charge in [-0.1, -0.05) is 0 Å². The normalized spacial score (nSPS) is 26.4. The first-order valence-corrected chi connectivity index (χ1v) is 7.62. The van der Waals surface area contributed by atoms with Crippen LogP contribution in [-0.2, 0) is 16.0 Å². The van der Waals surface area contributed by atoms with Gasteiger partial charge >= 0.3 is 0 Å². The van der Waals surface area contributed by atoms with Crippen LogP contribution in [0.1, 0.15) is 37.5 Å². The Kier molecular flexibility index (Phi) is 3.41. The highest BCUT2D eigenvalue weighted by molar-refractivity contribution is 4.91. The fourth-order valence-corrected chi connectivity index (χ4v) is 3.15. The van der Waals surface area contributed by atoms with Crippen molar-refractivity contribution in [2.75, 3.05) is 26.3 Å². The fraction of sp³-hybridized carbons (Fsp3) is 0.923. The van der Waals surface area contributed by atoms with Crippen molar-refractivity contribution < 1.29 is 9.47 Å². The van der Waals surface area contributed by atoms with Crippen LogP contribution in [0.25, 0.3) is 0 Å². The van der Waals surface area contributed by atoms with Gasteiger partial charge in [0, 0.05) is 5.92 Å². The third kappa shape index (κ3) is 2.57. The van der Waals surface area contributed by atoms with Gasteiger partial charge in [0.05, 0.1) is 25.8 Å². The maximum Gasteiger partial charge on any atom is 0.165 e. The van der Waals surface area contributed by atoms with Crippen LogP contribution in [0.15, 0.2) is 0 Å². The lowest BCUT2D eigenvalue weighted by molar-refractivity contribution is -0.0979. The number of tetrazole rings is 1. The first kappa shape index (κ1) is 12.7. The van der Waals surface area contributed by atoms with Crippen LogP contribution in [0.4, 0.5) is 0 Å². The van der Waals surface area contributed by atoms with E-state index in [4.69, 9.17) is 9.47 Å². The van der Waals surface area contributed by atoms with Crippen molar-refractivity contribution in [2.45, 2.75) is 44.6 Å². The minimum atomic E-state index is 0.0360. The molecule has 2 aliphatic heterocycles. The van der Waals surface area contributed by atoms with Crippen molar-refractivity contribution in [1.82, 2.24) is 25.1 Å². The van der Waals surface area contributed by atoms with Gasteiger partial charge in [0.2, 0.25) is 0 Å². The highest BCUT2D eigenvalue weighted by atomic mass is 16.7. The number of rotatable bonds is 4. The summed E-state index contributed by atoms with van der Waals surface area (Å²) < 4.78 is 13.2. The minimum Gasteiger partial charge on any atom is -0.350 e. The Morgan fingerprint density at radius 1 is 1.05 bits per heavy atom. The van der Waals surface area contributed by atoms with E-state index in [-0.39, 0.29) is 6.29 Å². The van der Waals surface area contributed by atoms with Crippen LogP contribution in [-0.4, -0.2) is 57.7 Å². The highest BCUT2D eigenvalue weighted by Gasteiger charge is 2.32. The first-order valence-electron chi connectivity index (χ1n) is 7.62. The second-order valence-corrected chi connectivity index (χ2v) is 5.99. The highest BCUT2D eigenvalue weighted by Crippen LogP contribution is 2.34. The number of aromatic nitrogens is 4. The van der Waals surface area contributed by atoms with Gasteiger partial charge in [-0.25, -0.2) is 4.68 Å². The molecule has 7 heteroatoms. The van der Waals surface area contributed by atoms with Gasteiger partial charge in [0.1, 0.15) is 0 Å². The van der Waals surface area contributed by atoms with Crippen molar-refractivity contribution in [3.8, 4) is 0 Å². The third-order valence-electron chi connectivity index (χ3n) is 4.48. The molecule has 1 saturated carbocycles. The van der Waals surface area contributed by atoms with Crippen LogP contribution >= 0.6 is 0 Å². The number of ether oxygens (including phenoxy) is 2. The Labute approximate surface area is 118 Å². The van der Waals surface area contributed by atoms with Crippen LogP contribution < -0.4 is 0 Å². The lowest BCUT2D eigenvalue weighted by atomic mass is 9.96. The second kappa shape index (κ2) is 5.38. The summed E-state index contributed by atoms with van der Waals surface area (Å²) in [6.45, 7) is 4.52. The van der Waals surface area contributed by atoms with E-state index >= 15 is 0 Å². The summed E-state index contributed by atoms with van der Waals surface area (Å²) in [5, 5.41) is 12.1. The van der Waals surface area contributed by atoms with E-state index in [0.717, 1.165) is 51.5 Å². The monoisotopic (exact) mass is 279 g/mol. The molecule has 0 bridgehead atoms. The lowest BCUT2D eigenvalue weighted by Crippen LogP contribution is -2.38. The van der Waals surface area contributed by atoms with Crippen molar-refractivity contribution in [1.29, 1.82) is 0 Å². The molecule has 0 unspecified atom stereocenters. The summed E-state index contributed by atoms with van der Waals surface area (Å²) in [7, 11) is 0. The first-order chi connectivity index (χ1) is 9.90. The Morgan fingerprint density at radius 3 is 2.50 bits per heavy atom. The molecule has 20 heavy (non-hydrogen) atoms. The van der Waals surface area contributed by atoms with E-state index in [1.165, 1.54) is 12.8 Å². The quantitative estimate of drug-likeness (QED) is 0.804. The predicted octanol–water partition coefficient (Wildman–Crippen LogP) is 0.593. The summed E-state index contributed by atoms with van der Waals surface area (Å²) in [4.78, 5) is 2.44. The molecule has 3 fully saturated rings. The van der Waals surface area contributed by atoms with Crippen LogP contribution in [0, 0.1) is 5.92 Å². The Hall–Kier alpha value is -1.05. The molecule has 3 aliphatic rings. The van der Waals surface area contributed by atoms with Gasteiger partial charge in [-0.2, -0.15) is 0 Å². The molecule has 0 N–H and O–H groups in total. The number of hydrogen-bond donors (Lipinski definition) is 0. The zero-order valence-corrected chi connectivity index (χ0v) is 11.6. The largest absolute Gasteiger partial charge is 0.350 e. The average molecular weight is 279 g/mol. The molecular formula is C13H21N5O2. The van der Waals surface area contributed by atoms with Crippen molar-refractivity contribution in [3.05, 3.63) is 5.82 Å². The van der Waals surface area contributed by atoms with Crippen molar-refractivity contribution in [2.24, 2.45) is 5.92 Å². The number of nitrogens with zero attached hydrogens (tertiary/aromatic N) is 5. The molecule has 7 nitrogen and oxygen atoms in total. The molecule has 0 spiro atoms. The van der Waals surface area contributed by atoms with Gasteiger partial charge in [-0.05, 0) is 49.2 Å². The molecule has 1 aliphatic carbocycles.